The summed E-state index contributed by atoms with van der Waals surface area (Å²) in [5.41, 5.74) is 0.264. The van der Waals surface area contributed by atoms with Gasteiger partial charge < -0.3 is 15.5 Å². The lowest BCUT2D eigenvalue weighted by Crippen LogP contribution is -2.64. The van der Waals surface area contributed by atoms with Crippen molar-refractivity contribution >= 4 is 11.9 Å². The third-order valence-electron chi connectivity index (χ3n) is 12.9. The molecular weight excluding hydrogens is 631 g/mol. The van der Waals surface area contributed by atoms with Crippen LogP contribution in [0.4, 0.5) is 11.9 Å². The van der Waals surface area contributed by atoms with Gasteiger partial charge >= 0.3 is 0 Å². The molecule has 51 heavy (non-hydrogen) atoms. The van der Waals surface area contributed by atoms with Crippen molar-refractivity contribution in [2.24, 2.45) is 5.84 Å². The summed E-state index contributed by atoms with van der Waals surface area (Å²) in [6.07, 6.45) is 17.5. The molecule has 4 N–H and O–H groups in total. The molecule has 1 aromatic rings. The van der Waals surface area contributed by atoms with Gasteiger partial charge in [-0.05, 0) is 140 Å². The summed E-state index contributed by atoms with van der Waals surface area (Å²) >= 11 is 0. The molecule has 0 amide bonds. The second-order valence-corrected chi connectivity index (χ2v) is 20.1. The highest BCUT2D eigenvalue weighted by atomic mass is 15.5. The van der Waals surface area contributed by atoms with Gasteiger partial charge in [-0.1, -0.05) is 52.9 Å². The fraction of sp³-hybridized carbons (Fsp3) is 0.929. The van der Waals surface area contributed by atoms with Crippen molar-refractivity contribution in [1.29, 1.82) is 0 Å². The minimum absolute atomic E-state index is 0.0860. The highest BCUT2D eigenvalue weighted by Crippen LogP contribution is 2.37. The van der Waals surface area contributed by atoms with E-state index in [1.165, 1.54) is 64.2 Å². The first-order chi connectivity index (χ1) is 23.7. The molecule has 3 fully saturated rings. The number of anilines is 2. The SMILES string of the molecule is CCC(C)(CC)c1nc(NC2CCCCC2)nc(N(CCCCCCN(C2CC(C)(C)NC(C)(C)C2)C(C)(C)C)C2CC(C)N(N)C(C)(C)C2)n1. The van der Waals surface area contributed by atoms with Gasteiger partial charge in [0, 0.05) is 58.3 Å². The van der Waals surface area contributed by atoms with Crippen LogP contribution in [0.25, 0.3) is 0 Å². The van der Waals surface area contributed by atoms with E-state index in [0.29, 0.717) is 18.1 Å². The fourth-order valence-corrected chi connectivity index (χ4v) is 9.85. The van der Waals surface area contributed by atoms with Gasteiger partial charge in [0.1, 0.15) is 5.82 Å². The van der Waals surface area contributed by atoms with E-state index < -0.39 is 0 Å². The predicted octanol–water partition coefficient (Wildman–Crippen LogP) is 8.98. The van der Waals surface area contributed by atoms with E-state index in [-0.39, 0.29) is 33.6 Å². The van der Waals surface area contributed by atoms with Crippen LogP contribution in [0.1, 0.15) is 192 Å². The number of nitrogens with one attached hydrogen (secondary N) is 2. The molecule has 2 unspecified atom stereocenters. The second kappa shape index (κ2) is 16.9. The zero-order valence-electron chi connectivity index (χ0n) is 35.6. The van der Waals surface area contributed by atoms with Crippen LogP contribution >= 0.6 is 0 Å². The number of piperidine rings is 2. The number of hydrazine groups is 1. The maximum absolute atomic E-state index is 6.65. The molecule has 2 saturated heterocycles. The summed E-state index contributed by atoms with van der Waals surface area (Å²) in [7, 11) is 0. The van der Waals surface area contributed by atoms with Crippen molar-refractivity contribution in [1.82, 2.24) is 30.2 Å². The Labute approximate surface area is 314 Å². The average molecular weight is 712 g/mol. The Kier molecular flexibility index (Phi) is 13.9. The zero-order valence-corrected chi connectivity index (χ0v) is 35.6. The normalized spacial score (nSPS) is 24.9. The summed E-state index contributed by atoms with van der Waals surface area (Å²) in [6.45, 7) is 32.6. The molecule has 294 valence electrons. The molecule has 4 rings (SSSR count). The minimum Gasteiger partial charge on any atom is -0.351 e. The molecule has 2 atom stereocenters. The zero-order chi connectivity index (χ0) is 37.8. The molecule has 1 aliphatic carbocycles. The van der Waals surface area contributed by atoms with Crippen LogP contribution in [0.15, 0.2) is 0 Å². The number of hydrogen-bond donors (Lipinski definition) is 3. The first-order valence-electron chi connectivity index (χ1n) is 21.1. The van der Waals surface area contributed by atoms with Gasteiger partial charge in [-0.3, -0.25) is 10.7 Å². The number of nitrogens with two attached hydrogens (primary N) is 1. The molecule has 2 aliphatic heterocycles. The van der Waals surface area contributed by atoms with Gasteiger partial charge in [-0.2, -0.15) is 15.0 Å². The van der Waals surface area contributed by atoms with E-state index in [0.717, 1.165) is 62.9 Å². The van der Waals surface area contributed by atoms with Crippen LogP contribution in [-0.2, 0) is 5.41 Å². The highest BCUT2D eigenvalue weighted by Gasteiger charge is 2.43. The average Bonchev–Trinajstić information content (AvgIpc) is 3.02. The Balaban J connectivity index is 1.53. The monoisotopic (exact) mass is 712 g/mol. The van der Waals surface area contributed by atoms with E-state index in [1.54, 1.807) is 0 Å². The summed E-state index contributed by atoms with van der Waals surface area (Å²) in [6, 6.07) is 1.65. The van der Waals surface area contributed by atoms with Gasteiger partial charge in [0.25, 0.3) is 0 Å². The lowest BCUT2D eigenvalue weighted by molar-refractivity contribution is 0.0110. The number of aromatic nitrogens is 3. The molecule has 0 bridgehead atoms. The Morgan fingerprint density at radius 2 is 1.39 bits per heavy atom. The number of hydrogen-bond acceptors (Lipinski definition) is 9. The maximum Gasteiger partial charge on any atom is 0.230 e. The Hall–Kier alpha value is -1.55. The quantitative estimate of drug-likeness (QED) is 0.122. The third-order valence-corrected chi connectivity index (χ3v) is 12.9. The fourth-order valence-electron chi connectivity index (χ4n) is 9.85. The molecule has 0 spiro atoms. The van der Waals surface area contributed by atoms with E-state index in [2.05, 4.69) is 115 Å². The topological polar surface area (TPSA) is 98.5 Å². The van der Waals surface area contributed by atoms with Crippen LogP contribution in [0.5, 0.6) is 0 Å². The minimum atomic E-state index is -0.102. The van der Waals surface area contributed by atoms with Crippen molar-refractivity contribution in [3.63, 3.8) is 0 Å². The van der Waals surface area contributed by atoms with E-state index in [1.807, 2.05) is 0 Å². The Morgan fingerprint density at radius 1 is 0.804 bits per heavy atom. The number of nitrogens with zero attached hydrogens (tertiary/aromatic N) is 6. The van der Waals surface area contributed by atoms with Crippen LogP contribution in [-0.4, -0.2) is 84.3 Å². The van der Waals surface area contributed by atoms with Crippen LogP contribution in [0.2, 0.25) is 0 Å². The summed E-state index contributed by atoms with van der Waals surface area (Å²) in [5, 5.41) is 9.76. The van der Waals surface area contributed by atoms with Crippen LogP contribution in [0, 0.1) is 0 Å². The Morgan fingerprint density at radius 3 is 1.94 bits per heavy atom. The molecule has 1 saturated carbocycles. The van der Waals surface area contributed by atoms with Gasteiger partial charge in [-0.15, -0.1) is 0 Å². The van der Waals surface area contributed by atoms with Crippen LogP contribution < -0.4 is 21.4 Å². The maximum atomic E-state index is 6.65. The smallest absolute Gasteiger partial charge is 0.230 e. The second-order valence-electron chi connectivity index (χ2n) is 20.1. The standard InChI is InChI=1S/C42H81N9/c1-14-42(13,15-2)35-45-36(44-32-23-19-18-20-24-32)47-37(46-35)49(33-27-31(3)51(43)41(11,12)30-33)25-21-16-17-22-26-50(38(4,5)6)34-28-39(7,8)48-40(9,10)29-34/h31-34,48H,14-30,43H2,1-13H3,(H,44,45,46,47). The number of rotatable bonds is 15. The summed E-state index contributed by atoms with van der Waals surface area (Å²) < 4.78 is 0. The molecule has 1 aromatic heterocycles. The lowest BCUT2D eigenvalue weighted by Gasteiger charge is -2.53. The largest absolute Gasteiger partial charge is 0.351 e. The Bertz CT molecular complexity index is 1210. The first-order valence-corrected chi connectivity index (χ1v) is 21.1. The lowest BCUT2D eigenvalue weighted by atomic mass is 9.78. The summed E-state index contributed by atoms with van der Waals surface area (Å²) in [5.74, 6) is 9.23. The van der Waals surface area contributed by atoms with Crippen molar-refractivity contribution in [2.75, 3.05) is 23.3 Å². The predicted molar refractivity (Wildman–Crippen MR) is 217 cm³/mol. The molecule has 0 aromatic carbocycles. The van der Waals surface area contributed by atoms with Crippen LogP contribution in [0.3, 0.4) is 0 Å². The molecule has 9 nitrogen and oxygen atoms in total. The third kappa shape index (κ3) is 11.2. The van der Waals surface area contributed by atoms with Gasteiger partial charge in [0.15, 0.2) is 0 Å². The highest BCUT2D eigenvalue weighted by molar-refractivity contribution is 5.40. The van der Waals surface area contributed by atoms with Crippen molar-refractivity contribution in [3.05, 3.63) is 5.82 Å². The van der Waals surface area contributed by atoms with Crippen molar-refractivity contribution in [2.45, 2.75) is 238 Å². The first kappa shape index (κ1) is 42.2. The van der Waals surface area contributed by atoms with Crippen molar-refractivity contribution < 1.29 is 0 Å². The van der Waals surface area contributed by atoms with Gasteiger partial charge in [0.2, 0.25) is 11.9 Å². The van der Waals surface area contributed by atoms with E-state index in [4.69, 9.17) is 20.8 Å². The molecule has 0 radical (unpaired) electrons. The van der Waals surface area contributed by atoms with Gasteiger partial charge in [-0.25, -0.2) is 5.01 Å². The van der Waals surface area contributed by atoms with E-state index >= 15 is 0 Å². The molecular formula is C42H81N9. The summed E-state index contributed by atoms with van der Waals surface area (Å²) in [4.78, 5) is 21.1. The molecule has 3 heterocycles. The van der Waals surface area contributed by atoms with Gasteiger partial charge in [0.05, 0.1) is 0 Å². The number of unbranched alkanes of at least 4 members (excludes halogenated alkanes) is 3. The van der Waals surface area contributed by atoms with E-state index in [9.17, 15) is 0 Å². The molecule has 9 heteroatoms. The molecule has 3 aliphatic rings. The van der Waals surface area contributed by atoms with Crippen molar-refractivity contribution in [3.8, 4) is 0 Å².